The molecule has 9 nitrogen and oxygen atoms in total. The number of rotatable bonds is 9. The summed E-state index contributed by atoms with van der Waals surface area (Å²) in [5.74, 6) is 0.300. The molecular formula is C31H34ClN5O4S. The van der Waals surface area contributed by atoms with Gasteiger partial charge >= 0.3 is 0 Å². The molecule has 6 rings (SSSR count). The van der Waals surface area contributed by atoms with Crippen molar-refractivity contribution in [2.24, 2.45) is 5.41 Å². The van der Waals surface area contributed by atoms with Crippen LogP contribution in [0.3, 0.4) is 0 Å². The molecule has 220 valence electrons. The quantitative estimate of drug-likeness (QED) is 0.356. The number of carbonyl (C=O) groups is 1. The van der Waals surface area contributed by atoms with E-state index in [0.717, 1.165) is 35.0 Å². The molecule has 3 aromatic rings. The lowest BCUT2D eigenvalue weighted by atomic mass is 9.74. The molecule has 0 N–H and O–H groups in total. The zero-order valence-corrected chi connectivity index (χ0v) is 25.4. The number of pyridine rings is 1. The van der Waals surface area contributed by atoms with E-state index in [-0.39, 0.29) is 24.7 Å². The number of hydrogen-bond acceptors (Lipinski definition) is 7. The Morgan fingerprint density at radius 2 is 1.98 bits per heavy atom. The molecule has 1 aliphatic carbocycles. The summed E-state index contributed by atoms with van der Waals surface area (Å²) >= 11 is 6.43. The van der Waals surface area contributed by atoms with E-state index in [1.54, 1.807) is 29.4 Å². The molecule has 1 spiro atoms. The van der Waals surface area contributed by atoms with Crippen molar-refractivity contribution in [2.75, 3.05) is 50.5 Å². The van der Waals surface area contributed by atoms with Crippen LogP contribution in [0.15, 0.2) is 48.8 Å². The number of sulfonamides is 1. The molecule has 1 unspecified atom stereocenters. The smallest absolute Gasteiger partial charge is 0.239 e. The van der Waals surface area contributed by atoms with E-state index in [2.05, 4.69) is 22.9 Å². The predicted octanol–water partition coefficient (Wildman–Crippen LogP) is 4.34. The number of ether oxygens (including phenoxy) is 1. The molecule has 42 heavy (non-hydrogen) atoms. The number of hydrogen-bond donors (Lipinski definition) is 0. The first-order chi connectivity index (χ1) is 20.1. The molecule has 1 aromatic heterocycles. The molecule has 3 aliphatic rings. The molecule has 1 amide bonds. The number of likely N-dealkylation sites (N-methyl/N-ethyl adjacent to an activating group) is 1. The third-order valence-corrected chi connectivity index (χ3v) is 11.2. The molecule has 2 fully saturated rings. The predicted molar refractivity (Wildman–Crippen MR) is 162 cm³/mol. The van der Waals surface area contributed by atoms with Crippen LogP contribution in [0.1, 0.15) is 37.3 Å². The normalized spacial score (nSPS) is 21.6. The van der Waals surface area contributed by atoms with Gasteiger partial charge in [-0.05, 0) is 74.3 Å². The summed E-state index contributed by atoms with van der Waals surface area (Å²) in [6.45, 7) is 4.92. The van der Waals surface area contributed by atoms with Gasteiger partial charge in [-0.3, -0.25) is 9.78 Å². The SMILES string of the molecule is CCN(C)CCOc1ccc2cncc(N3CCC4(CN(S(=O)(=O)CC5(C#N)CC5)Cc5ccc(Cl)cc54)C3=O)c2c1. The van der Waals surface area contributed by atoms with Gasteiger partial charge in [0.15, 0.2) is 0 Å². The Morgan fingerprint density at radius 3 is 2.71 bits per heavy atom. The van der Waals surface area contributed by atoms with Crippen LogP contribution in [0, 0.1) is 16.7 Å². The Kier molecular flexibility index (Phi) is 7.42. The number of aromatic nitrogens is 1. The summed E-state index contributed by atoms with van der Waals surface area (Å²) in [4.78, 5) is 22.9. The number of anilines is 1. The van der Waals surface area contributed by atoms with Crippen molar-refractivity contribution in [2.45, 2.75) is 38.1 Å². The third-order valence-electron chi connectivity index (χ3n) is 9.02. The largest absolute Gasteiger partial charge is 0.492 e. The lowest BCUT2D eigenvalue weighted by Crippen LogP contribution is -2.53. The van der Waals surface area contributed by atoms with Crippen molar-refractivity contribution in [3.8, 4) is 11.8 Å². The highest BCUT2D eigenvalue weighted by Gasteiger charge is 2.56. The number of halogens is 1. The van der Waals surface area contributed by atoms with Gasteiger partial charge in [0.2, 0.25) is 15.9 Å². The maximum absolute atomic E-state index is 14.5. The second-order valence-corrected chi connectivity index (χ2v) is 14.2. The van der Waals surface area contributed by atoms with Gasteiger partial charge in [-0.2, -0.15) is 9.57 Å². The Labute approximate surface area is 251 Å². The van der Waals surface area contributed by atoms with E-state index >= 15 is 0 Å². The number of benzene rings is 2. The second-order valence-electron chi connectivity index (χ2n) is 11.8. The van der Waals surface area contributed by atoms with Crippen molar-refractivity contribution < 1.29 is 17.9 Å². The molecule has 0 radical (unpaired) electrons. The number of nitrogens with zero attached hydrogens (tertiary/aromatic N) is 5. The summed E-state index contributed by atoms with van der Waals surface area (Å²) in [7, 11) is -1.75. The summed E-state index contributed by atoms with van der Waals surface area (Å²) in [6.07, 6.45) is 5.03. The van der Waals surface area contributed by atoms with Crippen LogP contribution in [0.25, 0.3) is 10.8 Å². The van der Waals surface area contributed by atoms with E-state index < -0.39 is 20.9 Å². The van der Waals surface area contributed by atoms with Gasteiger partial charge in [-0.25, -0.2) is 8.42 Å². The minimum absolute atomic E-state index is 0.0109. The van der Waals surface area contributed by atoms with E-state index in [1.807, 2.05) is 31.3 Å². The van der Waals surface area contributed by atoms with Crippen LogP contribution in [-0.4, -0.2) is 74.1 Å². The first-order valence-electron chi connectivity index (χ1n) is 14.3. The van der Waals surface area contributed by atoms with Crippen molar-refractivity contribution in [3.05, 3.63) is 64.9 Å². The summed E-state index contributed by atoms with van der Waals surface area (Å²) < 4.78 is 34.7. The Morgan fingerprint density at radius 1 is 1.17 bits per heavy atom. The monoisotopic (exact) mass is 607 g/mol. The van der Waals surface area contributed by atoms with Crippen LogP contribution >= 0.6 is 11.6 Å². The van der Waals surface area contributed by atoms with Crippen LogP contribution in [0.2, 0.25) is 5.02 Å². The maximum Gasteiger partial charge on any atom is 0.239 e. The van der Waals surface area contributed by atoms with Crippen molar-refractivity contribution >= 4 is 44.0 Å². The highest BCUT2D eigenvalue weighted by Crippen LogP contribution is 2.49. The summed E-state index contributed by atoms with van der Waals surface area (Å²) in [6, 6.07) is 13.3. The lowest BCUT2D eigenvalue weighted by molar-refractivity contribution is -0.122. The van der Waals surface area contributed by atoms with E-state index in [9.17, 15) is 18.5 Å². The van der Waals surface area contributed by atoms with E-state index in [1.165, 1.54) is 4.31 Å². The number of carbonyl (C=O) groups excluding carboxylic acids is 1. The van der Waals surface area contributed by atoms with E-state index in [0.29, 0.717) is 48.9 Å². The van der Waals surface area contributed by atoms with Crippen LogP contribution in [0.5, 0.6) is 5.75 Å². The van der Waals surface area contributed by atoms with Gasteiger partial charge < -0.3 is 14.5 Å². The first-order valence-corrected chi connectivity index (χ1v) is 16.3. The zero-order chi connectivity index (χ0) is 29.7. The molecule has 3 heterocycles. The van der Waals surface area contributed by atoms with Crippen LogP contribution in [-0.2, 0) is 26.8 Å². The maximum atomic E-state index is 14.5. The highest BCUT2D eigenvalue weighted by molar-refractivity contribution is 7.89. The Bertz CT molecular complexity index is 1700. The van der Waals surface area contributed by atoms with Gasteiger partial charge in [0.05, 0.1) is 34.5 Å². The molecule has 1 atom stereocenters. The van der Waals surface area contributed by atoms with Crippen molar-refractivity contribution in [1.29, 1.82) is 5.26 Å². The van der Waals surface area contributed by atoms with Crippen molar-refractivity contribution in [1.82, 2.24) is 14.2 Å². The first kappa shape index (κ1) is 28.9. The third kappa shape index (κ3) is 5.13. The standard InChI is InChI=1S/C31H34ClN5O4S/c1-3-35(2)12-13-41-25-7-5-22-16-34-17-28(26(22)15-25)37-11-10-31(29(37)38)20-36(18-23-4-6-24(32)14-27(23)31)42(39,40)21-30(19-33)8-9-30/h4-7,14-17H,3,8-13,18,20-21H2,1-2H3. The van der Waals surface area contributed by atoms with Gasteiger partial charge in [-0.15, -0.1) is 0 Å². The Balaban J connectivity index is 1.35. The Hall–Kier alpha value is -3.23. The number of nitriles is 1. The fourth-order valence-corrected chi connectivity index (χ4v) is 8.31. The molecule has 0 bridgehead atoms. The molecule has 1 saturated carbocycles. The second kappa shape index (κ2) is 10.8. The molecule has 11 heteroatoms. The molecule has 2 aliphatic heterocycles. The van der Waals surface area contributed by atoms with Crippen LogP contribution < -0.4 is 9.64 Å². The number of fused-ring (bicyclic) bond motifs is 3. The zero-order valence-electron chi connectivity index (χ0n) is 23.8. The number of amides is 1. The van der Waals surface area contributed by atoms with Gasteiger partial charge in [0.1, 0.15) is 12.4 Å². The van der Waals surface area contributed by atoms with Crippen LogP contribution in [0.4, 0.5) is 5.69 Å². The highest BCUT2D eigenvalue weighted by atomic mass is 35.5. The molecule has 1 saturated heterocycles. The summed E-state index contributed by atoms with van der Waals surface area (Å²) in [5, 5.41) is 11.8. The minimum Gasteiger partial charge on any atom is -0.492 e. The van der Waals surface area contributed by atoms with Gasteiger partial charge in [-0.1, -0.05) is 24.6 Å². The van der Waals surface area contributed by atoms with Crippen molar-refractivity contribution in [3.63, 3.8) is 0 Å². The summed E-state index contributed by atoms with van der Waals surface area (Å²) in [5.41, 5.74) is 0.270. The lowest BCUT2D eigenvalue weighted by Gasteiger charge is -2.40. The topological polar surface area (TPSA) is 107 Å². The van der Waals surface area contributed by atoms with Gasteiger partial charge in [0, 0.05) is 48.2 Å². The van der Waals surface area contributed by atoms with Gasteiger partial charge in [0.25, 0.3) is 0 Å². The fourth-order valence-electron chi connectivity index (χ4n) is 6.15. The van der Waals surface area contributed by atoms with E-state index in [4.69, 9.17) is 16.3 Å². The molecular weight excluding hydrogens is 574 g/mol. The minimum atomic E-state index is -3.80. The average Bonchev–Trinajstić information content (AvgIpc) is 3.68. The fraction of sp³-hybridized carbons (Fsp3) is 0.452. The average molecular weight is 608 g/mol. The molecule has 2 aromatic carbocycles.